The van der Waals surface area contributed by atoms with Crippen LogP contribution in [0.2, 0.25) is 0 Å². The van der Waals surface area contributed by atoms with E-state index in [0.29, 0.717) is 6.04 Å². The van der Waals surface area contributed by atoms with E-state index in [0.717, 1.165) is 41.0 Å². The Balaban J connectivity index is 2.08. The Kier molecular flexibility index (Phi) is 4.01. The molecule has 1 aromatic carbocycles. The van der Waals surface area contributed by atoms with Crippen LogP contribution in [0.5, 0.6) is 0 Å². The lowest BCUT2D eigenvalue weighted by Gasteiger charge is -2.22. The summed E-state index contributed by atoms with van der Waals surface area (Å²) in [5.41, 5.74) is 3.23. The third-order valence-electron chi connectivity index (χ3n) is 3.82. The van der Waals surface area contributed by atoms with Crippen molar-refractivity contribution in [3.8, 4) is 0 Å². The number of carbonyl (C=O) groups is 1. The highest BCUT2D eigenvalue weighted by Gasteiger charge is 2.21. The van der Waals surface area contributed by atoms with E-state index >= 15 is 0 Å². The minimum absolute atomic E-state index is 0.0466. The molecule has 1 aromatic heterocycles. The van der Waals surface area contributed by atoms with E-state index < -0.39 is 5.97 Å². The molecule has 0 radical (unpaired) electrons. The van der Waals surface area contributed by atoms with Gasteiger partial charge in [0.05, 0.1) is 16.8 Å². The molecule has 1 N–H and O–H groups in total. The molecule has 21 heavy (non-hydrogen) atoms. The number of allylic oxidation sites excluding steroid dienone is 2. The van der Waals surface area contributed by atoms with E-state index in [4.69, 9.17) is 10.1 Å². The Morgan fingerprint density at radius 2 is 2.33 bits per heavy atom. The molecule has 2 aromatic rings. The molecule has 0 bridgehead atoms. The fourth-order valence-corrected chi connectivity index (χ4v) is 3.62. The number of carboxylic acid groups (broad SMARTS) is 1. The van der Waals surface area contributed by atoms with Gasteiger partial charge >= 0.3 is 5.97 Å². The molecule has 0 saturated heterocycles. The van der Waals surface area contributed by atoms with Crippen LogP contribution in [-0.4, -0.2) is 26.4 Å². The Morgan fingerprint density at radius 3 is 3.05 bits per heavy atom. The molecule has 0 aliphatic heterocycles. The molecule has 1 heterocycles. The maximum atomic E-state index is 10.9. The SMILES string of the molecule is Cc1cccc2c1nc(SCC(=O)O)n2C1CC=CCC1. The van der Waals surface area contributed by atoms with Crippen LogP contribution in [0.3, 0.4) is 0 Å². The molecule has 1 aliphatic carbocycles. The highest BCUT2D eigenvalue weighted by Crippen LogP contribution is 2.34. The molecule has 1 aliphatic rings. The van der Waals surface area contributed by atoms with Gasteiger partial charge in [0, 0.05) is 6.04 Å². The number of benzene rings is 1. The van der Waals surface area contributed by atoms with Crippen LogP contribution in [0.25, 0.3) is 11.0 Å². The van der Waals surface area contributed by atoms with Crippen molar-refractivity contribution in [3.05, 3.63) is 35.9 Å². The molecule has 4 nitrogen and oxygen atoms in total. The van der Waals surface area contributed by atoms with Gasteiger partial charge in [0.15, 0.2) is 5.16 Å². The molecule has 1 atom stereocenters. The summed E-state index contributed by atoms with van der Waals surface area (Å²) in [6, 6.07) is 6.54. The minimum atomic E-state index is -0.807. The lowest BCUT2D eigenvalue weighted by atomic mass is 10.0. The van der Waals surface area contributed by atoms with Crippen molar-refractivity contribution in [2.75, 3.05) is 5.75 Å². The number of hydrogen-bond acceptors (Lipinski definition) is 3. The first kappa shape index (κ1) is 14.2. The number of fused-ring (bicyclic) bond motifs is 1. The predicted octanol–water partition coefficient (Wildman–Crippen LogP) is 3.80. The summed E-state index contributed by atoms with van der Waals surface area (Å²) in [5, 5.41) is 9.76. The zero-order chi connectivity index (χ0) is 14.8. The molecular formula is C16H18N2O2S. The number of aliphatic carboxylic acids is 1. The lowest BCUT2D eigenvalue weighted by Crippen LogP contribution is -2.12. The molecule has 1 unspecified atom stereocenters. The number of thioether (sulfide) groups is 1. The van der Waals surface area contributed by atoms with Crippen molar-refractivity contribution in [2.24, 2.45) is 0 Å². The Hall–Kier alpha value is -1.75. The predicted molar refractivity (Wildman–Crippen MR) is 84.9 cm³/mol. The molecule has 5 heteroatoms. The van der Waals surface area contributed by atoms with Crippen molar-refractivity contribution in [1.29, 1.82) is 0 Å². The molecular weight excluding hydrogens is 284 g/mol. The largest absolute Gasteiger partial charge is 0.481 e. The topological polar surface area (TPSA) is 55.1 Å². The van der Waals surface area contributed by atoms with Gasteiger partial charge in [-0.25, -0.2) is 4.98 Å². The van der Waals surface area contributed by atoms with Crippen LogP contribution < -0.4 is 0 Å². The first-order chi connectivity index (χ1) is 10.2. The van der Waals surface area contributed by atoms with E-state index in [1.807, 2.05) is 19.1 Å². The standard InChI is InChI=1S/C16H18N2O2S/c1-11-6-5-9-13-15(11)17-16(21-10-14(19)20)18(13)12-7-3-2-4-8-12/h2-3,5-6,9,12H,4,7-8,10H2,1H3,(H,19,20). The van der Waals surface area contributed by atoms with Crippen LogP contribution in [0.1, 0.15) is 30.9 Å². The van der Waals surface area contributed by atoms with Gasteiger partial charge in [-0.1, -0.05) is 36.0 Å². The van der Waals surface area contributed by atoms with E-state index in [1.54, 1.807) is 0 Å². The second-order valence-electron chi connectivity index (χ2n) is 5.33. The summed E-state index contributed by atoms with van der Waals surface area (Å²) in [6.45, 7) is 2.05. The average Bonchev–Trinajstić information content (AvgIpc) is 2.86. The maximum absolute atomic E-state index is 10.9. The van der Waals surface area contributed by atoms with Gasteiger partial charge in [0.1, 0.15) is 0 Å². The molecule has 0 amide bonds. The quantitative estimate of drug-likeness (QED) is 0.689. The normalized spacial score (nSPS) is 18.2. The number of nitrogens with zero attached hydrogens (tertiary/aromatic N) is 2. The number of aromatic nitrogens is 2. The van der Waals surface area contributed by atoms with Gasteiger partial charge in [-0.05, 0) is 37.8 Å². The molecule has 0 fully saturated rings. The molecule has 0 saturated carbocycles. The first-order valence-corrected chi connectivity index (χ1v) is 8.12. The second kappa shape index (κ2) is 5.93. The van der Waals surface area contributed by atoms with Gasteiger partial charge in [0.25, 0.3) is 0 Å². The van der Waals surface area contributed by atoms with Crippen LogP contribution in [-0.2, 0) is 4.79 Å². The number of imidazole rings is 1. The van der Waals surface area contributed by atoms with Crippen molar-refractivity contribution in [1.82, 2.24) is 9.55 Å². The van der Waals surface area contributed by atoms with E-state index in [2.05, 4.69) is 22.8 Å². The van der Waals surface area contributed by atoms with Gasteiger partial charge in [0.2, 0.25) is 0 Å². The zero-order valence-electron chi connectivity index (χ0n) is 12.0. The summed E-state index contributed by atoms with van der Waals surface area (Å²) in [6.07, 6.45) is 7.56. The van der Waals surface area contributed by atoms with E-state index in [9.17, 15) is 4.79 Å². The van der Waals surface area contributed by atoms with E-state index in [1.165, 1.54) is 11.8 Å². The summed E-state index contributed by atoms with van der Waals surface area (Å²) >= 11 is 1.31. The molecule has 0 spiro atoms. The number of aryl methyl sites for hydroxylation is 1. The van der Waals surface area contributed by atoms with Gasteiger partial charge in [-0.3, -0.25) is 4.79 Å². The fourth-order valence-electron chi connectivity index (χ4n) is 2.83. The third-order valence-corrected chi connectivity index (χ3v) is 4.76. The van der Waals surface area contributed by atoms with Crippen molar-refractivity contribution < 1.29 is 9.90 Å². The number of para-hydroxylation sites is 1. The van der Waals surface area contributed by atoms with Crippen molar-refractivity contribution in [2.45, 2.75) is 37.4 Å². The third kappa shape index (κ3) is 2.83. The van der Waals surface area contributed by atoms with Crippen molar-refractivity contribution >= 4 is 28.8 Å². The Morgan fingerprint density at radius 1 is 1.48 bits per heavy atom. The smallest absolute Gasteiger partial charge is 0.313 e. The van der Waals surface area contributed by atoms with Crippen LogP contribution in [0.15, 0.2) is 35.5 Å². The van der Waals surface area contributed by atoms with Gasteiger partial charge in [-0.2, -0.15) is 0 Å². The van der Waals surface area contributed by atoms with Crippen molar-refractivity contribution in [3.63, 3.8) is 0 Å². The monoisotopic (exact) mass is 302 g/mol. The maximum Gasteiger partial charge on any atom is 0.313 e. The Labute approximate surface area is 127 Å². The average molecular weight is 302 g/mol. The summed E-state index contributed by atoms with van der Waals surface area (Å²) in [4.78, 5) is 15.6. The first-order valence-electron chi connectivity index (χ1n) is 7.14. The zero-order valence-corrected chi connectivity index (χ0v) is 12.8. The van der Waals surface area contributed by atoms with Crippen LogP contribution in [0.4, 0.5) is 0 Å². The van der Waals surface area contributed by atoms with Crippen LogP contribution in [0, 0.1) is 6.92 Å². The summed E-state index contributed by atoms with van der Waals surface area (Å²) in [5.74, 6) is -0.760. The highest BCUT2D eigenvalue weighted by molar-refractivity contribution is 7.99. The van der Waals surface area contributed by atoms with E-state index in [-0.39, 0.29) is 5.75 Å². The van der Waals surface area contributed by atoms with Gasteiger partial charge < -0.3 is 9.67 Å². The lowest BCUT2D eigenvalue weighted by molar-refractivity contribution is -0.133. The highest BCUT2D eigenvalue weighted by atomic mass is 32.2. The Bertz CT molecular complexity index is 706. The molecule has 3 rings (SSSR count). The number of carboxylic acids is 1. The van der Waals surface area contributed by atoms with Crippen LogP contribution >= 0.6 is 11.8 Å². The fraction of sp³-hybridized carbons (Fsp3) is 0.375. The number of rotatable bonds is 4. The number of hydrogen-bond donors (Lipinski definition) is 1. The minimum Gasteiger partial charge on any atom is -0.481 e. The molecule has 110 valence electrons. The summed E-state index contributed by atoms with van der Waals surface area (Å²) < 4.78 is 2.24. The summed E-state index contributed by atoms with van der Waals surface area (Å²) in [7, 11) is 0. The van der Waals surface area contributed by atoms with Gasteiger partial charge in [-0.15, -0.1) is 0 Å². The second-order valence-corrected chi connectivity index (χ2v) is 6.27.